The smallest absolute Gasteiger partial charge is 0.117 e. The van der Waals surface area contributed by atoms with Crippen molar-refractivity contribution in [3.05, 3.63) is 24.3 Å². The van der Waals surface area contributed by atoms with Crippen LogP contribution in [0.15, 0.2) is 24.3 Å². The zero-order chi connectivity index (χ0) is 8.97. The molecule has 0 unspecified atom stereocenters. The molecule has 1 aromatic rings. The lowest BCUT2D eigenvalue weighted by molar-refractivity contribution is -0.0433. The van der Waals surface area contributed by atoms with Gasteiger partial charge in [0.05, 0.1) is 19.9 Å². The number of phenolic OH excluding ortho intramolecular Hbond substituents is 1. The van der Waals surface area contributed by atoms with Gasteiger partial charge in [0.25, 0.3) is 0 Å². The molecule has 1 aromatic carbocycles. The summed E-state index contributed by atoms with van der Waals surface area (Å²) in [4.78, 5) is 9.68. The van der Waals surface area contributed by atoms with Gasteiger partial charge in [-0.15, -0.1) is 17.6 Å². The van der Waals surface area contributed by atoms with Crippen molar-refractivity contribution < 1.29 is 14.8 Å². The predicted molar refractivity (Wildman–Crippen MR) is 51.9 cm³/mol. The number of aromatic hydroxyl groups is 1. The number of hydrogen-bond acceptors (Lipinski definition) is 4. The van der Waals surface area contributed by atoms with Gasteiger partial charge in [-0.25, -0.2) is 0 Å². The molecule has 13 heavy (non-hydrogen) atoms. The highest BCUT2D eigenvalue weighted by Crippen LogP contribution is 2.19. The summed E-state index contributed by atoms with van der Waals surface area (Å²) >= 11 is 0. The third-order valence-corrected chi connectivity index (χ3v) is 1.37. The Morgan fingerprint density at radius 1 is 1.23 bits per heavy atom. The number of benzene rings is 1. The molecule has 0 fully saturated rings. The van der Waals surface area contributed by atoms with E-state index in [0.717, 1.165) is 0 Å². The standard InChI is InChI=1S/C8H11NO3.ClH/c1-11-9(12-2)7-4-3-5-8(10)6-7;/h3-6,10H,1-2H3;1H. The maximum atomic E-state index is 9.12. The van der Waals surface area contributed by atoms with Gasteiger partial charge >= 0.3 is 0 Å². The van der Waals surface area contributed by atoms with Gasteiger partial charge < -0.3 is 5.11 Å². The first-order valence-electron chi connectivity index (χ1n) is 3.45. The van der Waals surface area contributed by atoms with Crippen molar-refractivity contribution in [1.82, 2.24) is 0 Å². The summed E-state index contributed by atoms with van der Waals surface area (Å²) < 4.78 is 0. The summed E-state index contributed by atoms with van der Waals surface area (Å²) in [5.41, 5.74) is 0.639. The van der Waals surface area contributed by atoms with E-state index < -0.39 is 0 Å². The van der Waals surface area contributed by atoms with Gasteiger partial charge in [0.2, 0.25) is 0 Å². The summed E-state index contributed by atoms with van der Waals surface area (Å²) in [6, 6.07) is 6.57. The molecule has 0 heterocycles. The number of phenols is 1. The molecule has 0 radical (unpaired) electrons. The van der Waals surface area contributed by atoms with E-state index in [-0.39, 0.29) is 18.2 Å². The molecule has 0 atom stereocenters. The lowest BCUT2D eigenvalue weighted by atomic mass is 10.3. The van der Waals surface area contributed by atoms with Crippen molar-refractivity contribution in [2.75, 3.05) is 19.4 Å². The van der Waals surface area contributed by atoms with Crippen LogP contribution in [0.3, 0.4) is 0 Å². The van der Waals surface area contributed by atoms with Crippen LogP contribution in [0.25, 0.3) is 0 Å². The maximum absolute atomic E-state index is 9.12. The summed E-state index contributed by atoms with van der Waals surface area (Å²) in [5.74, 6) is 0.173. The molecule has 5 heteroatoms. The Balaban J connectivity index is 0.00000144. The number of nitrogens with zero attached hydrogens (tertiary/aromatic N) is 1. The topological polar surface area (TPSA) is 41.9 Å². The summed E-state index contributed by atoms with van der Waals surface area (Å²) in [6.45, 7) is 0. The molecule has 1 rings (SSSR count). The predicted octanol–water partition coefficient (Wildman–Crippen LogP) is 1.74. The second kappa shape index (κ2) is 5.64. The van der Waals surface area contributed by atoms with Crippen LogP contribution in [-0.4, -0.2) is 19.3 Å². The Kier molecular flexibility index (Phi) is 5.22. The maximum Gasteiger partial charge on any atom is 0.117 e. The van der Waals surface area contributed by atoms with E-state index in [4.69, 9.17) is 14.8 Å². The Morgan fingerprint density at radius 3 is 2.31 bits per heavy atom. The fourth-order valence-corrected chi connectivity index (χ4v) is 0.892. The van der Waals surface area contributed by atoms with Crippen molar-refractivity contribution in [3.63, 3.8) is 0 Å². The average Bonchev–Trinajstić information content (AvgIpc) is 2.07. The van der Waals surface area contributed by atoms with Crippen LogP contribution >= 0.6 is 12.4 Å². The minimum Gasteiger partial charge on any atom is -0.508 e. The fraction of sp³-hybridized carbons (Fsp3) is 0.250. The molecule has 0 bridgehead atoms. The summed E-state index contributed by atoms with van der Waals surface area (Å²) in [7, 11) is 2.96. The summed E-state index contributed by atoms with van der Waals surface area (Å²) in [5, 5.41) is 10.3. The van der Waals surface area contributed by atoms with Crippen LogP contribution in [0.4, 0.5) is 5.69 Å². The highest BCUT2D eigenvalue weighted by atomic mass is 35.5. The molecule has 0 aromatic heterocycles. The molecular formula is C8H12ClNO3. The Hall–Kier alpha value is -0.970. The average molecular weight is 206 g/mol. The first kappa shape index (κ1) is 12.0. The number of hydrogen-bond donors (Lipinski definition) is 1. The van der Waals surface area contributed by atoms with E-state index in [0.29, 0.717) is 5.69 Å². The number of anilines is 1. The van der Waals surface area contributed by atoms with Gasteiger partial charge in [-0.3, -0.25) is 9.68 Å². The van der Waals surface area contributed by atoms with E-state index >= 15 is 0 Å². The van der Waals surface area contributed by atoms with Crippen molar-refractivity contribution in [2.24, 2.45) is 0 Å². The number of halogens is 1. The van der Waals surface area contributed by atoms with E-state index in [2.05, 4.69) is 0 Å². The molecule has 0 spiro atoms. The first-order chi connectivity index (χ1) is 5.77. The quantitative estimate of drug-likeness (QED) is 0.764. The largest absolute Gasteiger partial charge is 0.508 e. The lowest BCUT2D eigenvalue weighted by Crippen LogP contribution is -2.19. The van der Waals surface area contributed by atoms with E-state index in [1.807, 2.05) is 0 Å². The second-order valence-corrected chi connectivity index (χ2v) is 2.14. The van der Waals surface area contributed by atoms with Gasteiger partial charge in [0.1, 0.15) is 5.75 Å². The Bertz CT molecular complexity index is 253. The summed E-state index contributed by atoms with van der Waals surface area (Å²) in [6.07, 6.45) is 0. The molecule has 0 saturated carbocycles. The highest BCUT2D eigenvalue weighted by Gasteiger charge is 2.03. The molecule has 0 amide bonds. The molecule has 0 aliphatic rings. The van der Waals surface area contributed by atoms with Crippen LogP contribution in [0.5, 0.6) is 5.75 Å². The monoisotopic (exact) mass is 205 g/mol. The zero-order valence-corrected chi connectivity index (χ0v) is 8.25. The van der Waals surface area contributed by atoms with Gasteiger partial charge in [-0.1, -0.05) is 6.07 Å². The van der Waals surface area contributed by atoms with E-state index in [9.17, 15) is 0 Å². The number of rotatable bonds is 3. The van der Waals surface area contributed by atoms with Crippen molar-refractivity contribution >= 4 is 18.1 Å². The third kappa shape index (κ3) is 3.10. The van der Waals surface area contributed by atoms with Crippen molar-refractivity contribution in [1.29, 1.82) is 0 Å². The third-order valence-electron chi connectivity index (χ3n) is 1.37. The Morgan fingerprint density at radius 2 is 1.85 bits per heavy atom. The molecule has 74 valence electrons. The van der Waals surface area contributed by atoms with Crippen molar-refractivity contribution in [2.45, 2.75) is 0 Å². The molecule has 0 aliphatic heterocycles. The van der Waals surface area contributed by atoms with E-state index in [1.165, 1.54) is 25.5 Å². The molecule has 0 aliphatic carbocycles. The second-order valence-electron chi connectivity index (χ2n) is 2.14. The lowest BCUT2D eigenvalue weighted by Gasteiger charge is -2.17. The minimum absolute atomic E-state index is 0. The van der Waals surface area contributed by atoms with Gasteiger partial charge in [0.15, 0.2) is 0 Å². The SMILES string of the molecule is CON(OC)c1cccc(O)c1.Cl. The van der Waals surface area contributed by atoms with Gasteiger partial charge in [0, 0.05) is 6.07 Å². The highest BCUT2D eigenvalue weighted by molar-refractivity contribution is 5.85. The molecule has 0 saturated heterocycles. The zero-order valence-electron chi connectivity index (χ0n) is 7.43. The van der Waals surface area contributed by atoms with Crippen LogP contribution in [-0.2, 0) is 9.68 Å². The first-order valence-corrected chi connectivity index (χ1v) is 3.45. The molecule has 4 nitrogen and oxygen atoms in total. The Labute approximate surface area is 83.0 Å². The van der Waals surface area contributed by atoms with Crippen LogP contribution in [0.2, 0.25) is 0 Å². The normalized spacial score (nSPS) is 9.08. The van der Waals surface area contributed by atoms with Crippen LogP contribution in [0, 0.1) is 0 Å². The van der Waals surface area contributed by atoms with E-state index in [1.54, 1.807) is 18.2 Å². The fourth-order valence-electron chi connectivity index (χ4n) is 0.892. The van der Waals surface area contributed by atoms with Crippen LogP contribution < -0.4 is 5.23 Å². The van der Waals surface area contributed by atoms with Crippen molar-refractivity contribution in [3.8, 4) is 5.75 Å². The van der Waals surface area contributed by atoms with Crippen LogP contribution in [0.1, 0.15) is 0 Å². The molecule has 1 N–H and O–H groups in total. The van der Waals surface area contributed by atoms with Gasteiger partial charge in [-0.2, -0.15) is 0 Å². The minimum atomic E-state index is 0. The van der Waals surface area contributed by atoms with Gasteiger partial charge in [-0.05, 0) is 12.1 Å². The molecular weight excluding hydrogens is 194 g/mol.